The summed E-state index contributed by atoms with van der Waals surface area (Å²) in [5, 5.41) is 9.24. The Morgan fingerprint density at radius 2 is 2.00 bits per heavy atom. The molecule has 0 radical (unpaired) electrons. The molecule has 0 fully saturated rings. The molecule has 1 aromatic rings. The van der Waals surface area contributed by atoms with Gasteiger partial charge in [0, 0.05) is 12.5 Å². The van der Waals surface area contributed by atoms with E-state index in [-0.39, 0.29) is 12.5 Å². The molecular weight excluding hydrogens is 204 g/mol. The van der Waals surface area contributed by atoms with Gasteiger partial charge in [0.1, 0.15) is 0 Å². The molecule has 0 aliphatic rings. The van der Waals surface area contributed by atoms with Crippen LogP contribution in [0.5, 0.6) is 11.5 Å². The van der Waals surface area contributed by atoms with Crippen molar-refractivity contribution in [2.45, 2.75) is 26.2 Å². The lowest BCUT2D eigenvalue weighted by molar-refractivity contribution is 0.261. The van der Waals surface area contributed by atoms with Gasteiger partial charge in [-0.3, -0.25) is 0 Å². The lowest BCUT2D eigenvalue weighted by Gasteiger charge is -2.15. The average Bonchev–Trinajstić information content (AvgIpc) is 2.32. The molecule has 1 unspecified atom stereocenters. The molecule has 0 spiro atoms. The first-order valence-corrected chi connectivity index (χ1v) is 5.68. The Bertz CT molecular complexity index is 319. The van der Waals surface area contributed by atoms with Crippen molar-refractivity contribution in [3.05, 3.63) is 23.8 Å². The van der Waals surface area contributed by atoms with Gasteiger partial charge in [0.15, 0.2) is 11.5 Å². The molecule has 1 aromatic carbocycles. The van der Waals surface area contributed by atoms with E-state index in [0.717, 1.165) is 23.5 Å². The third kappa shape index (κ3) is 2.89. The Morgan fingerprint density at radius 3 is 2.50 bits per heavy atom. The minimum absolute atomic E-state index is 0.160. The maximum absolute atomic E-state index is 9.24. The molecule has 0 aliphatic carbocycles. The van der Waals surface area contributed by atoms with Crippen LogP contribution in [0.25, 0.3) is 0 Å². The van der Waals surface area contributed by atoms with Crippen LogP contribution in [0.1, 0.15) is 31.7 Å². The van der Waals surface area contributed by atoms with Crippen LogP contribution in [-0.2, 0) is 0 Å². The molecule has 0 saturated heterocycles. The van der Waals surface area contributed by atoms with Crippen LogP contribution in [0.15, 0.2) is 18.2 Å². The summed E-state index contributed by atoms with van der Waals surface area (Å²) in [6.07, 6.45) is 0.910. The maximum atomic E-state index is 9.24. The fraction of sp³-hybridized carbons (Fsp3) is 0.538. The zero-order valence-electron chi connectivity index (χ0n) is 10.2. The predicted molar refractivity (Wildman–Crippen MR) is 64.3 cm³/mol. The smallest absolute Gasteiger partial charge is 0.161 e. The van der Waals surface area contributed by atoms with Gasteiger partial charge >= 0.3 is 0 Å². The van der Waals surface area contributed by atoms with Crippen LogP contribution in [0, 0.1) is 0 Å². The van der Waals surface area contributed by atoms with Crippen LogP contribution in [0.3, 0.4) is 0 Å². The van der Waals surface area contributed by atoms with Gasteiger partial charge in [-0.15, -0.1) is 0 Å². The van der Waals surface area contributed by atoms with Crippen molar-refractivity contribution in [1.29, 1.82) is 0 Å². The molecule has 0 aliphatic heterocycles. The van der Waals surface area contributed by atoms with E-state index < -0.39 is 0 Å². The number of hydrogen-bond acceptors (Lipinski definition) is 3. The van der Waals surface area contributed by atoms with E-state index >= 15 is 0 Å². The van der Waals surface area contributed by atoms with Gasteiger partial charge in [-0.2, -0.15) is 0 Å². The molecule has 3 nitrogen and oxygen atoms in total. The third-order valence-electron chi connectivity index (χ3n) is 2.67. The van der Waals surface area contributed by atoms with E-state index in [0.29, 0.717) is 6.61 Å². The largest absolute Gasteiger partial charge is 0.493 e. The standard InChI is InChI=1S/C13H20O3/c1-4-10(9-14)11-6-7-12(16-5-2)13(8-11)15-3/h6-8,10,14H,4-5,9H2,1-3H3. The second-order valence-corrected chi connectivity index (χ2v) is 3.63. The van der Waals surface area contributed by atoms with Gasteiger partial charge in [-0.25, -0.2) is 0 Å². The van der Waals surface area contributed by atoms with Gasteiger partial charge in [-0.05, 0) is 31.0 Å². The highest BCUT2D eigenvalue weighted by molar-refractivity contribution is 5.44. The summed E-state index contributed by atoms with van der Waals surface area (Å²) in [7, 11) is 1.63. The van der Waals surface area contributed by atoms with Crippen molar-refractivity contribution < 1.29 is 14.6 Å². The van der Waals surface area contributed by atoms with E-state index in [2.05, 4.69) is 6.92 Å². The molecule has 0 amide bonds. The summed E-state index contributed by atoms with van der Waals surface area (Å²) in [6.45, 7) is 4.78. The molecular formula is C13H20O3. The summed E-state index contributed by atoms with van der Waals surface area (Å²) in [5.41, 5.74) is 1.09. The summed E-state index contributed by atoms with van der Waals surface area (Å²) in [4.78, 5) is 0. The summed E-state index contributed by atoms with van der Waals surface area (Å²) >= 11 is 0. The monoisotopic (exact) mass is 224 g/mol. The van der Waals surface area contributed by atoms with Gasteiger partial charge in [0.25, 0.3) is 0 Å². The number of hydrogen-bond donors (Lipinski definition) is 1. The minimum Gasteiger partial charge on any atom is -0.493 e. The minimum atomic E-state index is 0.160. The molecule has 1 atom stereocenters. The zero-order chi connectivity index (χ0) is 12.0. The Hall–Kier alpha value is -1.22. The highest BCUT2D eigenvalue weighted by Gasteiger charge is 2.11. The molecule has 0 heterocycles. The quantitative estimate of drug-likeness (QED) is 0.807. The Labute approximate surface area is 97.0 Å². The molecule has 3 heteroatoms. The summed E-state index contributed by atoms with van der Waals surface area (Å²) in [5.74, 6) is 1.65. The van der Waals surface area contributed by atoms with E-state index in [1.165, 1.54) is 0 Å². The Balaban J connectivity index is 2.98. The lowest BCUT2D eigenvalue weighted by Crippen LogP contribution is -2.03. The lowest BCUT2D eigenvalue weighted by atomic mass is 9.97. The molecule has 0 bridgehead atoms. The van der Waals surface area contributed by atoms with Crippen molar-refractivity contribution in [2.24, 2.45) is 0 Å². The van der Waals surface area contributed by atoms with Crippen LogP contribution in [0.4, 0.5) is 0 Å². The summed E-state index contributed by atoms with van der Waals surface area (Å²) in [6, 6.07) is 5.82. The highest BCUT2D eigenvalue weighted by Crippen LogP contribution is 2.31. The van der Waals surface area contributed by atoms with Gasteiger partial charge in [0.2, 0.25) is 0 Å². The van der Waals surface area contributed by atoms with Gasteiger partial charge < -0.3 is 14.6 Å². The number of benzene rings is 1. The molecule has 90 valence electrons. The van der Waals surface area contributed by atoms with E-state index in [9.17, 15) is 5.11 Å². The van der Waals surface area contributed by atoms with Crippen LogP contribution in [-0.4, -0.2) is 25.4 Å². The zero-order valence-corrected chi connectivity index (χ0v) is 10.2. The summed E-state index contributed by atoms with van der Waals surface area (Å²) < 4.78 is 10.7. The molecule has 0 aromatic heterocycles. The molecule has 1 N–H and O–H groups in total. The highest BCUT2D eigenvalue weighted by atomic mass is 16.5. The van der Waals surface area contributed by atoms with E-state index in [1.54, 1.807) is 7.11 Å². The van der Waals surface area contributed by atoms with Crippen LogP contribution in [0.2, 0.25) is 0 Å². The Kier molecular flexibility index (Phi) is 5.12. The second-order valence-electron chi connectivity index (χ2n) is 3.63. The SMILES string of the molecule is CCOc1ccc(C(CC)CO)cc1OC. The fourth-order valence-electron chi connectivity index (χ4n) is 1.68. The van der Waals surface area contributed by atoms with Crippen LogP contribution >= 0.6 is 0 Å². The predicted octanol–water partition coefficient (Wildman–Crippen LogP) is 2.58. The first-order valence-electron chi connectivity index (χ1n) is 5.68. The number of methoxy groups -OCH3 is 1. The van der Waals surface area contributed by atoms with Crippen LogP contribution < -0.4 is 9.47 Å². The first kappa shape index (κ1) is 12.8. The number of rotatable bonds is 6. The molecule has 0 saturated carbocycles. The van der Waals surface area contributed by atoms with E-state index in [4.69, 9.17) is 9.47 Å². The van der Waals surface area contributed by atoms with Crippen molar-refractivity contribution in [1.82, 2.24) is 0 Å². The van der Waals surface area contributed by atoms with Gasteiger partial charge in [-0.1, -0.05) is 13.0 Å². The normalized spacial score (nSPS) is 12.2. The average molecular weight is 224 g/mol. The molecule has 16 heavy (non-hydrogen) atoms. The molecule has 1 rings (SSSR count). The number of aliphatic hydroxyl groups excluding tert-OH is 1. The van der Waals surface area contributed by atoms with Crippen molar-refractivity contribution in [2.75, 3.05) is 20.3 Å². The van der Waals surface area contributed by atoms with Crippen molar-refractivity contribution >= 4 is 0 Å². The third-order valence-corrected chi connectivity index (χ3v) is 2.67. The topological polar surface area (TPSA) is 38.7 Å². The number of ether oxygens (including phenoxy) is 2. The first-order chi connectivity index (χ1) is 7.76. The van der Waals surface area contributed by atoms with Crippen molar-refractivity contribution in [3.63, 3.8) is 0 Å². The second kappa shape index (κ2) is 6.38. The van der Waals surface area contributed by atoms with Gasteiger partial charge in [0.05, 0.1) is 13.7 Å². The fourth-order valence-corrected chi connectivity index (χ4v) is 1.68. The maximum Gasteiger partial charge on any atom is 0.161 e. The van der Waals surface area contributed by atoms with Crippen molar-refractivity contribution in [3.8, 4) is 11.5 Å². The van der Waals surface area contributed by atoms with E-state index in [1.807, 2.05) is 25.1 Å². The number of aliphatic hydroxyl groups is 1. The Morgan fingerprint density at radius 1 is 1.25 bits per heavy atom.